The second kappa shape index (κ2) is 34.4. The monoisotopic (exact) mass is 1550 g/mol. The number of hydrogen-bond donors (Lipinski definition) is 7. The molecule has 15 rings (SSSR count). The number of hydrogen-bond acceptors (Lipinski definition) is 22. The molecule has 99 heavy (non-hydrogen) atoms. The van der Waals surface area contributed by atoms with Crippen LogP contribution in [0.25, 0.3) is 11.0 Å². The summed E-state index contributed by atoms with van der Waals surface area (Å²) in [5, 5.41) is 38.4. The molecule has 0 unspecified atom stereocenters. The van der Waals surface area contributed by atoms with Crippen molar-refractivity contribution >= 4 is 193 Å². The lowest BCUT2D eigenvalue weighted by molar-refractivity contribution is -0.384. The number of nitrogen functional groups attached to an aromatic ring is 2. The Balaban J connectivity index is 0.000000141. The number of phenolic OH excluding ortho intramolecular Hbond substituents is 2. The standard InChI is InChI=1S/C17H17ClN4O4S.C12H13ClN2O3S.C8H5Cl2NO2S.C8H5ClN2O2.C8H7ClN2.C6H6ClNO.C4H9NO/c18-11-1-4-16(23)15(9-11)21-17-19-13-3-2-12(10-14(13)20-17)27(24,25)22-5-7-26-8-6-22;13-12-7-9-1-2-10(8-11(9)14-12)19(16,17)15-3-5-18-6-4-15;9-8-3-5-1-2-6(14(10,12)13)4-7(5)11-8;9-8-3-5-1-2-6(11(12)13)4-7(5)10-8;9-8-3-5-1-2-6(10)4-7(5)11-8;7-4-1-2-6(9)5(8)3-4;1-3-6-4-2-5-1/h1-4,9-10,23H,5-8H2,(H2,19,20,21);1-2,8H,3-7H2;1-2,4H,3H2;1-2,4H,3H2;1-2,4H,3,10H2;1-3,9H,8H2;5H,1-4H2. The van der Waals surface area contributed by atoms with Crippen LogP contribution >= 0.6 is 80.3 Å². The predicted octanol–water partition coefficient (Wildman–Crippen LogP) is 12.4. The average molecular weight is 1550 g/mol. The number of aromatic hydroxyl groups is 2. The number of morpholine rings is 3. The fourth-order valence-corrected chi connectivity index (χ4v) is 14.8. The molecule has 0 atom stereocenters. The molecular weight excluding hydrogens is 1490 g/mol. The quantitative estimate of drug-likeness (QED) is 0.0244. The Labute approximate surface area is 603 Å². The Hall–Kier alpha value is -7.27. The summed E-state index contributed by atoms with van der Waals surface area (Å²) >= 11 is 34.5. The highest BCUT2D eigenvalue weighted by Crippen LogP contribution is 2.36. The summed E-state index contributed by atoms with van der Waals surface area (Å²) in [6.07, 6.45) is 2.46. The first kappa shape index (κ1) is 75.9. The van der Waals surface area contributed by atoms with Gasteiger partial charge in [0.1, 0.15) is 32.2 Å². The van der Waals surface area contributed by atoms with Gasteiger partial charge in [0.05, 0.1) is 104 Å². The zero-order valence-corrected chi connectivity index (χ0v) is 59.7. The number of H-pyrrole nitrogens is 1. The van der Waals surface area contributed by atoms with E-state index in [1.165, 1.54) is 57.1 Å². The highest BCUT2D eigenvalue weighted by Gasteiger charge is 2.29. The minimum atomic E-state index is -3.68. The number of aliphatic imine (C=N–C) groups is 4. The van der Waals surface area contributed by atoms with Crippen LogP contribution in [0.15, 0.2) is 162 Å². The van der Waals surface area contributed by atoms with Crippen molar-refractivity contribution < 1.29 is 54.6 Å². The molecule has 7 aromatic carbocycles. The molecule has 3 saturated heterocycles. The van der Waals surface area contributed by atoms with Crippen LogP contribution in [-0.2, 0) is 69.0 Å². The summed E-state index contributed by atoms with van der Waals surface area (Å²) in [5.41, 5.74) is 20.2. The fraction of sp³-hybridized carbons (Fsp3) is 0.254. The van der Waals surface area contributed by atoms with Gasteiger partial charge in [-0.2, -0.15) is 8.61 Å². The lowest BCUT2D eigenvalue weighted by Gasteiger charge is -2.26. The van der Waals surface area contributed by atoms with Crippen LogP contribution in [0.2, 0.25) is 10.0 Å². The molecule has 7 aliphatic rings. The average Bonchev–Trinajstić information content (AvgIpc) is 1.78. The van der Waals surface area contributed by atoms with Crippen LogP contribution in [0.1, 0.15) is 22.3 Å². The van der Waals surface area contributed by atoms with Crippen LogP contribution < -0.4 is 22.1 Å². The molecule has 36 heteroatoms. The largest absolute Gasteiger partial charge is 0.506 e. The molecule has 0 bridgehead atoms. The molecule has 0 aliphatic carbocycles. The topological polar surface area (TPSA) is 374 Å². The number of halogens is 7. The van der Waals surface area contributed by atoms with Crippen LogP contribution in [0.4, 0.5) is 51.4 Å². The van der Waals surface area contributed by atoms with Crippen molar-refractivity contribution in [2.75, 3.05) is 95.7 Å². The number of nitro benzene ring substituents is 1. The predicted molar refractivity (Wildman–Crippen MR) is 389 cm³/mol. The van der Waals surface area contributed by atoms with Crippen molar-refractivity contribution in [3.63, 3.8) is 0 Å². The number of rotatable bonds is 8. The van der Waals surface area contributed by atoms with Gasteiger partial charge in [0, 0.05) is 103 Å². The molecule has 8 aromatic rings. The van der Waals surface area contributed by atoms with Gasteiger partial charge in [-0.15, -0.1) is 0 Å². The zero-order chi connectivity index (χ0) is 71.2. The maximum Gasteiger partial charge on any atom is 0.271 e. The molecule has 26 nitrogen and oxygen atoms in total. The maximum absolute atomic E-state index is 12.8. The van der Waals surface area contributed by atoms with Crippen LogP contribution in [-0.4, -0.2) is 159 Å². The van der Waals surface area contributed by atoms with E-state index in [1.807, 2.05) is 18.2 Å². The third kappa shape index (κ3) is 21.2. The number of benzene rings is 7. The van der Waals surface area contributed by atoms with Gasteiger partial charge in [-0.05, 0) is 119 Å². The van der Waals surface area contributed by atoms with Crippen molar-refractivity contribution in [1.29, 1.82) is 0 Å². The van der Waals surface area contributed by atoms with Crippen molar-refractivity contribution in [3.05, 3.63) is 170 Å². The number of nitrogens with zero attached hydrogens (tertiary/aromatic N) is 8. The van der Waals surface area contributed by atoms with E-state index in [-0.39, 0.29) is 31.9 Å². The van der Waals surface area contributed by atoms with E-state index in [4.69, 9.17) is 111 Å². The summed E-state index contributed by atoms with van der Waals surface area (Å²) in [6, 6.07) is 33.7. The Morgan fingerprint density at radius 1 is 0.515 bits per heavy atom. The number of aromatic amines is 1. The van der Waals surface area contributed by atoms with Gasteiger partial charge >= 0.3 is 0 Å². The third-order valence-corrected chi connectivity index (χ3v) is 21.3. The molecular formula is C63H62Cl7N13O13S3. The van der Waals surface area contributed by atoms with E-state index in [2.05, 4.69) is 40.6 Å². The number of fused-ring (bicyclic) bond motifs is 5. The van der Waals surface area contributed by atoms with Gasteiger partial charge in [-0.1, -0.05) is 87.8 Å². The lowest BCUT2D eigenvalue weighted by atomic mass is 10.1. The Morgan fingerprint density at radius 2 is 0.949 bits per heavy atom. The second-order valence-electron chi connectivity index (χ2n) is 21.8. The number of sulfonamides is 2. The van der Waals surface area contributed by atoms with Crippen molar-refractivity contribution in [2.24, 2.45) is 20.0 Å². The molecule has 1 aromatic heterocycles. The SMILES string of the molecule is C1COCCN1.Nc1cc(Cl)ccc1O.Nc1ccc2c(c1)N=C(Cl)C2.O=S(=O)(Cl)c1ccc2c(c1)N=C(Cl)C2.O=S(=O)(c1ccc2c(c1)N=C(Cl)C2)N1CCOCC1.O=S(=O)(c1ccc2nc(Nc3cc(Cl)ccc3O)[nH]c2c1)N1CCOCC1.O=[N+]([O-])c1ccc2c(c1)N=C(Cl)C2. The summed E-state index contributed by atoms with van der Waals surface area (Å²) in [5.74, 6) is 0.457. The summed E-state index contributed by atoms with van der Waals surface area (Å²) in [4.78, 5) is 34.1. The van der Waals surface area contributed by atoms with Crippen LogP contribution in [0, 0.1) is 10.1 Å². The van der Waals surface area contributed by atoms with Crippen LogP contribution in [0.5, 0.6) is 11.5 Å². The van der Waals surface area contributed by atoms with E-state index in [9.17, 15) is 40.5 Å². The van der Waals surface area contributed by atoms with Gasteiger partial charge in [0.25, 0.3) is 14.7 Å². The number of phenols is 2. The number of non-ortho nitro benzene ring substituents is 1. The van der Waals surface area contributed by atoms with Gasteiger partial charge in [0.15, 0.2) is 0 Å². The van der Waals surface area contributed by atoms with Crippen molar-refractivity contribution in [1.82, 2.24) is 23.9 Å². The molecule has 524 valence electrons. The first-order valence-electron chi connectivity index (χ1n) is 29.8. The molecule has 0 amide bonds. The third-order valence-electron chi connectivity index (χ3n) is 14.8. The van der Waals surface area contributed by atoms with E-state index in [1.54, 1.807) is 60.7 Å². The Kier molecular flexibility index (Phi) is 26.4. The summed E-state index contributed by atoms with van der Waals surface area (Å²) in [7, 11) is -5.54. The number of anilines is 4. The lowest BCUT2D eigenvalue weighted by Crippen LogP contribution is -2.40. The van der Waals surface area contributed by atoms with E-state index in [0.717, 1.165) is 66.4 Å². The first-order valence-corrected chi connectivity index (χ1v) is 37.3. The highest BCUT2D eigenvalue weighted by atomic mass is 35.7. The maximum atomic E-state index is 12.8. The molecule has 7 aliphatic heterocycles. The number of ether oxygens (including phenoxy) is 3. The van der Waals surface area contributed by atoms with Gasteiger partial charge in [0.2, 0.25) is 26.0 Å². The molecule has 0 saturated carbocycles. The van der Waals surface area contributed by atoms with Gasteiger partial charge in [-0.25, -0.2) is 50.2 Å². The zero-order valence-electron chi connectivity index (χ0n) is 51.9. The van der Waals surface area contributed by atoms with E-state index >= 15 is 0 Å². The van der Waals surface area contributed by atoms with Crippen LogP contribution in [0.3, 0.4) is 0 Å². The number of nitrogens with two attached hydrogens (primary N) is 2. The highest BCUT2D eigenvalue weighted by molar-refractivity contribution is 8.13. The van der Waals surface area contributed by atoms with Crippen molar-refractivity contribution in [2.45, 2.75) is 40.4 Å². The number of aromatic nitrogens is 2. The molecule has 9 N–H and O–H groups in total. The molecule has 0 radical (unpaired) electrons. The number of nitrogens with one attached hydrogen (secondary N) is 3. The van der Waals surface area contributed by atoms with Gasteiger partial charge < -0.3 is 51.5 Å². The Morgan fingerprint density at radius 3 is 1.42 bits per heavy atom. The first-order chi connectivity index (χ1) is 47.1. The molecule has 0 spiro atoms. The molecule has 3 fully saturated rings. The normalized spacial score (nSPS) is 16.1. The Bertz CT molecular complexity index is 4770. The summed E-state index contributed by atoms with van der Waals surface area (Å²) in [6.45, 7) is 6.95. The van der Waals surface area contributed by atoms with E-state index < -0.39 is 34.0 Å². The molecule has 8 heterocycles. The minimum absolute atomic E-state index is 0.0236. The van der Waals surface area contributed by atoms with E-state index in [0.29, 0.717) is 148 Å². The summed E-state index contributed by atoms with van der Waals surface area (Å²) < 4.78 is 90.7. The van der Waals surface area contributed by atoms with Gasteiger partial charge in [-0.3, -0.25) is 10.1 Å². The smallest absolute Gasteiger partial charge is 0.271 e. The number of imidazole rings is 1. The number of nitro groups is 1. The minimum Gasteiger partial charge on any atom is -0.506 e. The fourth-order valence-electron chi connectivity index (χ4n) is 9.83. The second-order valence-corrected chi connectivity index (χ2v) is 30.8. The van der Waals surface area contributed by atoms with Crippen molar-refractivity contribution in [3.8, 4) is 11.5 Å².